The number of amides is 1. The number of nitrogens with one attached hydrogen (secondary N) is 1. The molecule has 0 spiro atoms. The number of carboxylic acids is 4. The lowest BCUT2D eigenvalue weighted by Gasteiger charge is -2.03. The maximum Gasteiger partial charge on any atom is 0.339 e. The SMILES string of the molecule is O=C(O)CCNC(=O)c1ccc(N=Nc2ccc(O)c(C(=O)O)c2)cc1.O=C(O)c1cc(N=Nc2ccc(O)c(C(=O)O)c2)ccc1O. The number of aliphatic carboxylic acids is 1. The standard InChI is InChI=1S/C17H15N3O6.C14H10N2O6/c21-14-6-5-12(9-13(14)17(25)26)20-19-11-3-1-10(2-4-11)16(24)18-8-7-15(22)23;17-11-3-1-7(5-9(11)13(19)20)15-16-8-2-4-12(18)10(6-8)14(21)22/h1-6,9,21H,7-8H2,(H,18,24)(H,22,23)(H,25,26);1-6,17-18H,(H,19,20)(H,21,22). The molecule has 0 radical (unpaired) electrons. The summed E-state index contributed by atoms with van der Waals surface area (Å²) in [5.74, 6) is -6.47. The Hall–Kier alpha value is -7.17. The van der Waals surface area contributed by atoms with Gasteiger partial charge in [0.2, 0.25) is 0 Å². The molecular formula is C31H25N5O12. The molecule has 4 aromatic rings. The molecular weight excluding hydrogens is 634 g/mol. The summed E-state index contributed by atoms with van der Waals surface area (Å²) in [7, 11) is 0. The Morgan fingerprint density at radius 3 is 1.17 bits per heavy atom. The zero-order chi connectivity index (χ0) is 35.4. The predicted molar refractivity (Wildman–Crippen MR) is 165 cm³/mol. The lowest BCUT2D eigenvalue weighted by Crippen LogP contribution is -2.25. The minimum atomic E-state index is -1.31. The van der Waals surface area contributed by atoms with Crippen LogP contribution in [-0.2, 0) is 4.79 Å². The Morgan fingerprint density at radius 1 is 0.500 bits per heavy atom. The van der Waals surface area contributed by atoms with Gasteiger partial charge in [0.25, 0.3) is 5.91 Å². The van der Waals surface area contributed by atoms with Gasteiger partial charge in [0.05, 0.1) is 29.2 Å². The number of carbonyl (C=O) groups is 5. The van der Waals surface area contributed by atoms with E-state index >= 15 is 0 Å². The van der Waals surface area contributed by atoms with Crippen molar-refractivity contribution in [3.63, 3.8) is 0 Å². The molecule has 8 N–H and O–H groups in total. The second kappa shape index (κ2) is 16.2. The molecule has 0 saturated heterocycles. The number of hydrogen-bond acceptors (Lipinski definition) is 12. The van der Waals surface area contributed by atoms with Crippen molar-refractivity contribution in [1.82, 2.24) is 5.32 Å². The number of carbonyl (C=O) groups excluding carboxylic acids is 1. The quantitative estimate of drug-likeness (QED) is 0.0910. The maximum absolute atomic E-state index is 11.8. The van der Waals surface area contributed by atoms with E-state index in [0.717, 1.165) is 24.3 Å². The maximum atomic E-state index is 11.8. The number of phenols is 3. The van der Waals surface area contributed by atoms with Gasteiger partial charge in [-0.1, -0.05) is 0 Å². The number of hydrogen-bond donors (Lipinski definition) is 8. The highest BCUT2D eigenvalue weighted by molar-refractivity contribution is 5.95. The smallest absolute Gasteiger partial charge is 0.339 e. The summed E-state index contributed by atoms with van der Waals surface area (Å²) in [6.07, 6.45) is -0.164. The minimum absolute atomic E-state index is 0.0301. The van der Waals surface area contributed by atoms with Crippen molar-refractivity contribution in [2.24, 2.45) is 20.5 Å². The predicted octanol–water partition coefficient (Wildman–Crippen LogP) is 5.62. The minimum Gasteiger partial charge on any atom is -0.507 e. The molecule has 0 aliphatic carbocycles. The van der Waals surface area contributed by atoms with Gasteiger partial charge in [0.15, 0.2) is 0 Å². The van der Waals surface area contributed by atoms with Crippen molar-refractivity contribution in [2.45, 2.75) is 6.42 Å². The molecule has 0 saturated carbocycles. The van der Waals surface area contributed by atoms with Gasteiger partial charge in [-0.25, -0.2) is 14.4 Å². The molecule has 0 atom stereocenters. The third-order valence-electron chi connectivity index (χ3n) is 5.95. The van der Waals surface area contributed by atoms with Gasteiger partial charge in [-0.15, -0.1) is 0 Å². The zero-order valence-electron chi connectivity index (χ0n) is 24.4. The van der Waals surface area contributed by atoms with Crippen molar-refractivity contribution in [3.8, 4) is 17.2 Å². The number of carboxylic acid groups (broad SMARTS) is 4. The van der Waals surface area contributed by atoms with Crippen LogP contribution in [-0.4, -0.2) is 72.1 Å². The third-order valence-corrected chi connectivity index (χ3v) is 5.95. The fourth-order valence-corrected chi connectivity index (χ4v) is 3.57. The zero-order valence-corrected chi connectivity index (χ0v) is 24.4. The summed E-state index contributed by atoms with van der Waals surface area (Å²) in [4.78, 5) is 54.9. The number of aromatic hydroxyl groups is 3. The number of rotatable bonds is 11. The van der Waals surface area contributed by atoms with Crippen LogP contribution < -0.4 is 5.32 Å². The molecule has 48 heavy (non-hydrogen) atoms. The third kappa shape index (κ3) is 10.2. The lowest BCUT2D eigenvalue weighted by molar-refractivity contribution is -0.136. The molecule has 0 fully saturated rings. The van der Waals surface area contributed by atoms with Crippen molar-refractivity contribution in [3.05, 3.63) is 101 Å². The molecule has 0 bridgehead atoms. The first-order valence-corrected chi connectivity index (χ1v) is 13.4. The number of benzene rings is 4. The van der Waals surface area contributed by atoms with Crippen molar-refractivity contribution in [2.75, 3.05) is 6.54 Å². The van der Waals surface area contributed by atoms with Gasteiger partial charge >= 0.3 is 23.9 Å². The van der Waals surface area contributed by atoms with Gasteiger partial charge in [0.1, 0.15) is 33.9 Å². The molecule has 17 heteroatoms. The largest absolute Gasteiger partial charge is 0.507 e. The van der Waals surface area contributed by atoms with Crippen molar-refractivity contribution >= 4 is 52.5 Å². The summed E-state index contributed by atoms with van der Waals surface area (Å²) in [5, 5.41) is 81.3. The second-order valence-corrected chi connectivity index (χ2v) is 9.37. The average Bonchev–Trinajstić information content (AvgIpc) is 3.04. The van der Waals surface area contributed by atoms with Gasteiger partial charge in [-0.05, 0) is 78.9 Å². The average molecular weight is 660 g/mol. The molecule has 4 aromatic carbocycles. The normalized spacial score (nSPS) is 10.7. The first-order chi connectivity index (χ1) is 22.7. The summed E-state index contributed by atoms with van der Waals surface area (Å²) in [5.41, 5.74) is 0.414. The van der Waals surface area contributed by atoms with Gasteiger partial charge in [0, 0.05) is 12.1 Å². The van der Waals surface area contributed by atoms with E-state index in [0.29, 0.717) is 11.3 Å². The summed E-state index contributed by atoms with van der Waals surface area (Å²) >= 11 is 0. The van der Waals surface area contributed by atoms with E-state index in [4.69, 9.17) is 20.4 Å². The van der Waals surface area contributed by atoms with Crippen LogP contribution in [0.4, 0.5) is 22.7 Å². The molecule has 246 valence electrons. The Bertz CT molecular complexity index is 1860. The molecule has 0 aromatic heterocycles. The Labute approximate surface area is 269 Å². The van der Waals surface area contributed by atoms with E-state index in [-0.39, 0.29) is 52.5 Å². The summed E-state index contributed by atoms with van der Waals surface area (Å²) in [6, 6.07) is 17.2. The highest BCUT2D eigenvalue weighted by atomic mass is 16.4. The fourth-order valence-electron chi connectivity index (χ4n) is 3.57. The van der Waals surface area contributed by atoms with Crippen LogP contribution in [0.3, 0.4) is 0 Å². The number of nitrogens with zero attached hydrogens (tertiary/aromatic N) is 4. The van der Waals surface area contributed by atoms with E-state index in [9.17, 15) is 39.3 Å². The van der Waals surface area contributed by atoms with Crippen LogP contribution in [0.2, 0.25) is 0 Å². The molecule has 0 unspecified atom stereocenters. The van der Waals surface area contributed by atoms with Gasteiger partial charge in [-0.2, -0.15) is 20.5 Å². The Kier molecular flexibility index (Phi) is 11.9. The Morgan fingerprint density at radius 2 is 0.833 bits per heavy atom. The van der Waals surface area contributed by atoms with Crippen LogP contribution in [0.1, 0.15) is 47.9 Å². The number of aromatic carboxylic acids is 3. The summed E-state index contributed by atoms with van der Waals surface area (Å²) in [6.45, 7) is 0.0301. The molecule has 0 aliphatic rings. The van der Waals surface area contributed by atoms with Crippen LogP contribution in [0.5, 0.6) is 17.2 Å². The van der Waals surface area contributed by atoms with E-state index < -0.39 is 41.3 Å². The fraction of sp³-hybridized carbons (Fsp3) is 0.0645. The highest BCUT2D eigenvalue weighted by Gasteiger charge is 2.12. The van der Waals surface area contributed by atoms with Crippen molar-refractivity contribution < 1.29 is 59.7 Å². The number of azo groups is 2. The van der Waals surface area contributed by atoms with Crippen LogP contribution in [0, 0.1) is 0 Å². The topological polar surface area (TPSA) is 288 Å². The first kappa shape index (κ1) is 35.3. The molecule has 0 aliphatic heterocycles. The lowest BCUT2D eigenvalue weighted by atomic mass is 10.2. The van der Waals surface area contributed by atoms with E-state index in [1.54, 1.807) is 0 Å². The van der Waals surface area contributed by atoms with Crippen LogP contribution in [0.25, 0.3) is 0 Å². The van der Waals surface area contributed by atoms with E-state index in [2.05, 4.69) is 25.8 Å². The first-order valence-electron chi connectivity index (χ1n) is 13.4. The second-order valence-electron chi connectivity index (χ2n) is 9.37. The van der Waals surface area contributed by atoms with E-state index in [1.165, 1.54) is 54.6 Å². The highest BCUT2D eigenvalue weighted by Crippen LogP contribution is 2.28. The molecule has 17 nitrogen and oxygen atoms in total. The van der Waals surface area contributed by atoms with Crippen LogP contribution in [0.15, 0.2) is 99.3 Å². The van der Waals surface area contributed by atoms with E-state index in [1.807, 2.05) is 0 Å². The van der Waals surface area contributed by atoms with Crippen molar-refractivity contribution in [1.29, 1.82) is 0 Å². The molecule has 4 rings (SSSR count). The van der Waals surface area contributed by atoms with Gasteiger partial charge < -0.3 is 41.1 Å². The Balaban J connectivity index is 0.000000264. The molecule has 0 heterocycles. The van der Waals surface area contributed by atoms with Gasteiger partial charge in [-0.3, -0.25) is 9.59 Å². The van der Waals surface area contributed by atoms with Crippen LogP contribution >= 0.6 is 0 Å². The molecule has 1 amide bonds. The summed E-state index contributed by atoms with van der Waals surface area (Å²) < 4.78 is 0. The monoisotopic (exact) mass is 659 g/mol.